The van der Waals surface area contributed by atoms with Crippen LogP contribution in [0.25, 0.3) is 0 Å². The molecular formula is C15H29N3O. The molecule has 0 bridgehead atoms. The second kappa shape index (κ2) is 6.71. The third-order valence-corrected chi connectivity index (χ3v) is 4.71. The van der Waals surface area contributed by atoms with E-state index in [2.05, 4.69) is 24.1 Å². The Morgan fingerprint density at radius 1 is 1.32 bits per heavy atom. The molecule has 3 unspecified atom stereocenters. The number of carbonyl (C=O) groups excluding carboxylic acids is 1. The number of carbonyl (C=O) groups is 1. The molecule has 1 heterocycles. The third kappa shape index (κ3) is 3.93. The van der Waals surface area contributed by atoms with E-state index in [1.54, 1.807) is 0 Å². The van der Waals surface area contributed by atoms with Gasteiger partial charge in [-0.2, -0.15) is 0 Å². The van der Waals surface area contributed by atoms with Crippen molar-refractivity contribution in [1.29, 1.82) is 0 Å². The number of nitrogens with two attached hydrogens (primary N) is 1. The van der Waals surface area contributed by atoms with Gasteiger partial charge in [0, 0.05) is 18.6 Å². The average molecular weight is 267 g/mol. The van der Waals surface area contributed by atoms with Gasteiger partial charge in [-0.15, -0.1) is 0 Å². The van der Waals surface area contributed by atoms with Crippen molar-refractivity contribution in [3.63, 3.8) is 0 Å². The number of nitrogens with zero attached hydrogens (tertiary/aromatic N) is 1. The number of hydrogen-bond acceptors (Lipinski definition) is 3. The van der Waals surface area contributed by atoms with E-state index in [0.717, 1.165) is 24.9 Å². The summed E-state index contributed by atoms with van der Waals surface area (Å²) < 4.78 is 0. The molecule has 110 valence electrons. The summed E-state index contributed by atoms with van der Waals surface area (Å²) in [5.74, 6) is 0.701. The lowest BCUT2D eigenvalue weighted by Crippen LogP contribution is -2.47. The zero-order valence-electron chi connectivity index (χ0n) is 12.4. The smallest absolute Gasteiger partial charge is 0.234 e. The van der Waals surface area contributed by atoms with Gasteiger partial charge in [-0.25, -0.2) is 0 Å². The fourth-order valence-electron chi connectivity index (χ4n) is 3.79. The molecule has 2 fully saturated rings. The number of rotatable bonds is 6. The molecule has 0 aromatic heterocycles. The van der Waals surface area contributed by atoms with Crippen molar-refractivity contribution < 1.29 is 4.79 Å². The number of hydrogen-bond donors (Lipinski definition) is 2. The fraction of sp³-hybridized carbons (Fsp3) is 0.933. The van der Waals surface area contributed by atoms with Crippen molar-refractivity contribution in [2.75, 3.05) is 13.1 Å². The highest BCUT2D eigenvalue weighted by Gasteiger charge is 2.35. The monoisotopic (exact) mass is 267 g/mol. The topological polar surface area (TPSA) is 58.4 Å². The Bertz CT molecular complexity index is 306. The molecule has 0 aromatic rings. The minimum absolute atomic E-state index is 0.178. The molecule has 19 heavy (non-hydrogen) atoms. The number of amides is 1. The molecular weight excluding hydrogens is 238 g/mol. The van der Waals surface area contributed by atoms with Crippen LogP contribution in [0.2, 0.25) is 0 Å². The highest BCUT2D eigenvalue weighted by Crippen LogP contribution is 2.36. The highest BCUT2D eigenvalue weighted by atomic mass is 16.1. The summed E-state index contributed by atoms with van der Waals surface area (Å²) in [4.78, 5) is 14.1. The first kappa shape index (κ1) is 14.8. The van der Waals surface area contributed by atoms with E-state index in [4.69, 9.17) is 5.73 Å². The minimum Gasteiger partial charge on any atom is -0.368 e. The normalized spacial score (nSPS) is 29.4. The Hall–Kier alpha value is -0.610. The van der Waals surface area contributed by atoms with Crippen LogP contribution in [0.5, 0.6) is 0 Å². The van der Waals surface area contributed by atoms with Gasteiger partial charge >= 0.3 is 0 Å². The van der Waals surface area contributed by atoms with Crippen LogP contribution in [0.15, 0.2) is 0 Å². The van der Waals surface area contributed by atoms with Gasteiger partial charge in [-0.05, 0) is 38.1 Å². The lowest BCUT2D eigenvalue weighted by Gasteiger charge is -2.32. The van der Waals surface area contributed by atoms with E-state index in [1.807, 2.05) is 0 Å². The molecule has 3 N–H and O–H groups in total. The van der Waals surface area contributed by atoms with Crippen LogP contribution < -0.4 is 11.1 Å². The zero-order valence-corrected chi connectivity index (χ0v) is 12.4. The quantitative estimate of drug-likeness (QED) is 0.766. The molecule has 1 saturated heterocycles. The standard InChI is InChI=1S/C15H29N3O/c1-11(2)17-13(15(16)19)8-10-18-9-7-12-5-3-4-6-14(12)18/h11-14,17H,3-10H2,1-2H3,(H2,16,19). The molecule has 1 saturated carbocycles. The molecule has 0 spiro atoms. The molecule has 1 aliphatic heterocycles. The Balaban J connectivity index is 1.81. The van der Waals surface area contributed by atoms with Gasteiger partial charge in [0.15, 0.2) is 0 Å². The van der Waals surface area contributed by atoms with Crippen LogP contribution in [-0.4, -0.2) is 42.0 Å². The van der Waals surface area contributed by atoms with Crippen molar-refractivity contribution >= 4 is 5.91 Å². The summed E-state index contributed by atoms with van der Waals surface area (Å²) in [7, 11) is 0. The first-order valence-corrected chi connectivity index (χ1v) is 7.87. The van der Waals surface area contributed by atoms with Gasteiger partial charge in [0.1, 0.15) is 0 Å². The molecule has 2 aliphatic rings. The fourth-order valence-corrected chi connectivity index (χ4v) is 3.79. The number of fused-ring (bicyclic) bond motifs is 1. The summed E-state index contributed by atoms with van der Waals surface area (Å²) in [6.07, 6.45) is 7.74. The molecule has 4 heteroatoms. The lowest BCUT2D eigenvalue weighted by atomic mass is 9.85. The van der Waals surface area contributed by atoms with Crippen molar-refractivity contribution in [1.82, 2.24) is 10.2 Å². The molecule has 1 amide bonds. The van der Waals surface area contributed by atoms with Crippen molar-refractivity contribution in [2.24, 2.45) is 11.7 Å². The predicted molar refractivity (Wildman–Crippen MR) is 77.8 cm³/mol. The zero-order chi connectivity index (χ0) is 13.8. The van der Waals surface area contributed by atoms with Gasteiger partial charge in [0.05, 0.1) is 6.04 Å². The van der Waals surface area contributed by atoms with Gasteiger partial charge < -0.3 is 16.0 Å². The first-order valence-electron chi connectivity index (χ1n) is 7.87. The average Bonchev–Trinajstić information content (AvgIpc) is 2.77. The summed E-state index contributed by atoms with van der Waals surface area (Å²) in [6.45, 7) is 6.34. The Labute approximate surface area is 117 Å². The van der Waals surface area contributed by atoms with Crippen molar-refractivity contribution in [3.8, 4) is 0 Å². The Kier molecular flexibility index (Phi) is 5.22. The van der Waals surface area contributed by atoms with Crippen LogP contribution in [0.3, 0.4) is 0 Å². The maximum Gasteiger partial charge on any atom is 0.234 e. The molecule has 0 radical (unpaired) electrons. The van der Waals surface area contributed by atoms with Gasteiger partial charge in [-0.1, -0.05) is 26.7 Å². The minimum atomic E-state index is -0.215. The summed E-state index contributed by atoms with van der Waals surface area (Å²) in [5, 5.41) is 3.27. The second-order valence-electron chi connectivity index (χ2n) is 6.50. The van der Waals surface area contributed by atoms with Crippen molar-refractivity contribution in [2.45, 2.75) is 70.5 Å². The van der Waals surface area contributed by atoms with Crippen LogP contribution in [-0.2, 0) is 4.79 Å². The molecule has 1 aliphatic carbocycles. The van der Waals surface area contributed by atoms with Crippen molar-refractivity contribution in [3.05, 3.63) is 0 Å². The van der Waals surface area contributed by atoms with E-state index in [9.17, 15) is 4.79 Å². The van der Waals surface area contributed by atoms with E-state index in [1.165, 1.54) is 38.6 Å². The number of primary amides is 1. The van der Waals surface area contributed by atoms with E-state index < -0.39 is 0 Å². The summed E-state index contributed by atoms with van der Waals surface area (Å²) >= 11 is 0. The maximum absolute atomic E-state index is 11.5. The Morgan fingerprint density at radius 3 is 2.74 bits per heavy atom. The first-order chi connectivity index (χ1) is 9.08. The van der Waals surface area contributed by atoms with Crippen LogP contribution in [0.1, 0.15) is 52.4 Å². The largest absolute Gasteiger partial charge is 0.368 e. The second-order valence-corrected chi connectivity index (χ2v) is 6.50. The summed E-state index contributed by atoms with van der Waals surface area (Å²) in [5.41, 5.74) is 5.48. The van der Waals surface area contributed by atoms with Crippen LogP contribution in [0, 0.1) is 5.92 Å². The number of likely N-dealkylation sites (tertiary alicyclic amines) is 1. The van der Waals surface area contributed by atoms with Gasteiger partial charge in [0.2, 0.25) is 5.91 Å². The van der Waals surface area contributed by atoms with Gasteiger partial charge in [-0.3, -0.25) is 4.79 Å². The van der Waals surface area contributed by atoms with Crippen LogP contribution >= 0.6 is 0 Å². The predicted octanol–water partition coefficient (Wildman–Crippen LogP) is 1.49. The molecule has 4 nitrogen and oxygen atoms in total. The molecule has 2 rings (SSSR count). The maximum atomic E-state index is 11.5. The van der Waals surface area contributed by atoms with Gasteiger partial charge in [0.25, 0.3) is 0 Å². The highest BCUT2D eigenvalue weighted by molar-refractivity contribution is 5.79. The lowest BCUT2D eigenvalue weighted by molar-refractivity contribution is -0.120. The summed E-state index contributed by atoms with van der Waals surface area (Å²) in [6, 6.07) is 0.905. The Morgan fingerprint density at radius 2 is 2.05 bits per heavy atom. The molecule has 0 aromatic carbocycles. The SMILES string of the molecule is CC(C)NC(CCN1CCC2CCCCC21)C(N)=O. The number of nitrogens with one attached hydrogen (secondary N) is 1. The van der Waals surface area contributed by atoms with E-state index >= 15 is 0 Å². The third-order valence-electron chi connectivity index (χ3n) is 4.71. The van der Waals surface area contributed by atoms with E-state index in [-0.39, 0.29) is 11.9 Å². The van der Waals surface area contributed by atoms with Crippen LogP contribution in [0.4, 0.5) is 0 Å². The van der Waals surface area contributed by atoms with E-state index in [0.29, 0.717) is 6.04 Å². The molecule has 3 atom stereocenters.